The number of rotatable bonds is 3. The lowest BCUT2D eigenvalue weighted by Crippen LogP contribution is -2.31. The van der Waals surface area contributed by atoms with Gasteiger partial charge in [0.15, 0.2) is 0 Å². The summed E-state index contributed by atoms with van der Waals surface area (Å²) in [6.45, 7) is 6.41. The number of nitrogens with zero attached hydrogens (tertiary/aromatic N) is 1. The highest BCUT2D eigenvalue weighted by molar-refractivity contribution is 5.95. The highest BCUT2D eigenvalue weighted by Crippen LogP contribution is 2.22. The van der Waals surface area contributed by atoms with E-state index in [-0.39, 0.29) is 12.0 Å². The zero-order valence-corrected chi connectivity index (χ0v) is 13.4. The van der Waals surface area contributed by atoms with Gasteiger partial charge in [0.05, 0.1) is 18.2 Å². The van der Waals surface area contributed by atoms with Crippen LogP contribution in [0.5, 0.6) is 5.75 Å². The van der Waals surface area contributed by atoms with Crippen LogP contribution in [0, 0.1) is 20.8 Å². The van der Waals surface area contributed by atoms with Crippen LogP contribution >= 0.6 is 0 Å². The summed E-state index contributed by atoms with van der Waals surface area (Å²) in [7, 11) is 0. The molecule has 0 N–H and O–H groups in total. The number of furan rings is 1. The maximum absolute atomic E-state index is 12.5. The Kier molecular flexibility index (Phi) is 3.98. The standard InChI is InChI=1S/C17H19NO5/c1-10-6-14(8-16(19)22-10)23-13-4-5-18(9-13)17(20)15-7-11(2)21-12(15)3/h6-8,13H,4-5,9H2,1-3H3. The van der Waals surface area contributed by atoms with Crippen molar-refractivity contribution >= 4 is 5.91 Å². The summed E-state index contributed by atoms with van der Waals surface area (Å²) in [5, 5.41) is 0. The molecule has 0 aliphatic carbocycles. The summed E-state index contributed by atoms with van der Waals surface area (Å²) in [5.41, 5.74) is 0.162. The number of carbonyl (C=O) groups excluding carboxylic acids is 1. The van der Waals surface area contributed by atoms with E-state index in [1.165, 1.54) is 6.07 Å². The minimum atomic E-state index is -0.435. The Morgan fingerprint density at radius 3 is 2.57 bits per heavy atom. The Morgan fingerprint density at radius 2 is 1.91 bits per heavy atom. The van der Waals surface area contributed by atoms with Crippen molar-refractivity contribution in [1.29, 1.82) is 0 Å². The zero-order chi connectivity index (χ0) is 16.6. The van der Waals surface area contributed by atoms with Crippen LogP contribution in [0.15, 0.2) is 31.8 Å². The first-order chi connectivity index (χ1) is 10.9. The van der Waals surface area contributed by atoms with E-state index in [0.717, 1.165) is 12.2 Å². The topological polar surface area (TPSA) is 72.9 Å². The number of amides is 1. The second-order valence-corrected chi connectivity index (χ2v) is 5.83. The molecule has 6 heteroatoms. The van der Waals surface area contributed by atoms with Gasteiger partial charge in [-0.2, -0.15) is 0 Å². The van der Waals surface area contributed by atoms with Crippen molar-refractivity contribution in [3.63, 3.8) is 0 Å². The lowest BCUT2D eigenvalue weighted by Gasteiger charge is -2.17. The minimum absolute atomic E-state index is 0.0470. The van der Waals surface area contributed by atoms with Crippen molar-refractivity contribution in [3.05, 3.63) is 51.5 Å². The van der Waals surface area contributed by atoms with Gasteiger partial charge in [0, 0.05) is 19.0 Å². The summed E-state index contributed by atoms with van der Waals surface area (Å²) in [4.78, 5) is 25.6. The molecule has 2 aromatic heterocycles. The average molecular weight is 317 g/mol. The molecule has 3 rings (SSSR count). The third-order valence-corrected chi connectivity index (χ3v) is 3.87. The van der Waals surface area contributed by atoms with Crippen LogP contribution in [0.4, 0.5) is 0 Å². The smallest absolute Gasteiger partial charge is 0.339 e. The van der Waals surface area contributed by atoms with E-state index in [9.17, 15) is 9.59 Å². The SMILES string of the molecule is Cc1cc(C(=O)N2CCC(Oc3cc(C)oc(=O)c3)C2)c(C)o1. The molecule has 0 aromatic carbocycles. The maximum Gasteiger partial charge on any atom is 0.339 e. The Balaban J connectivity index is 1.67. The summed E-state index contributed by atoms with van der Waals surface area (Å²) < 4.78 is 16.1. The van der Waals surface area contributed by atoms with Crippen molar-refractivity contribution in [2.45, 2.75) is 33.3 Å². The van der Waals surface area contributed by atoms with Crippen molar-refractivity contribution in [3.8, 4) is 5.75 Å². The normalized spacial score (nSPS) is 17.5. The molecule has 1 amide bonds. The predicted molar refractivity (Wildman–Crippen MR) is 82.8 cm³/mol. The maximum atomic E-state index is 12.5. The van der Waals surface area contributed by atoms with Crippen LogP contribution in [-0.4, -0.2) is 30.0 Å². The highest BCUT2D eigenvalue weighted by atomic mass is 16.5. The fourth-order valence-electron chi connectivity index (χ4n) is 2.86. The van der Waals surface area contributed by atoms with Gasteiger partial charge in [-0.3, -0.25) is 4.79 Å². The van der Waals surface area contributed by atoms with E-state index in [1.54, 1.807) is 30.9 Å². The van der Waals surface area contributed by atoms with Crippen LogP contribution in [0.3, 0.4) is 0 Å². The number of hydrogen-bond donors (Lipinski definition) is 0. The second kappa shape index (κ2) is 5.95. The van der Waals surface area contributed by atoms with Crippen LogP contribution in [0.1, 0.15) is 34.1 Å². The third kappa shape index (κ3) is 3.31. The second-order valence-electron chi connectivity index (χ2n) is 5.83. The van der Waals surface area contributed by atoms with E-state index in [4.69, 9.17) is 13.6 Å². The lowest BCUT2D eigenvalue weighted by atomic mass is 10.2. The largest absolute Gasteiger partial charge is 0.488 e. The Bertz CT molecular complexity index is 789. The van der Waals surface area contributed by atoms with Crippen molar-refractivity contribution in [2.24, 2.45) is 0 Å². The summed E-state index contributed by atoms with van der Waals surface area (Å²) in [5.74, 6) is 2.29. The molecule has 1 unspecified atom stereocenters. The summed E-state index contributed by atoms with van der Waals surface area (Å²) in [6, 6.07) is 4.76. The van der Waals surface area contributed by atoms with Gasteiger partial charge in [-0.05, 0) is 26.8 Å². The monoisotopic (exact) mass is 317 g/mol. The van der Waals surface area contributed by atoms with Gasteiger partial charge in [0.25, 0.3) is 5.91 Å². The minimum Gasteiger partial charge on any atom is -0.488 e. The molecule has 1 aliphatic rings. The molecule has 2 aromatic rings. The molecule has 1 atom stereocenters. The van der Waals surface area contributed by atoms with Gasteiger partial charge < -0.3 is 18.5 Å². The number of hydrogen-bond acceptors (Lipinski definition) is 5. The molecule has 23 heavy (non-hydrogen) atoms. The molecule has 1 aliphatic heterocycles. The van der Waals surface area contributed by atoms with E-state index in [1.807, 2.05) is 6.92 Å². The first-order valence-corrected chi connectivity index (χ1v) is 7.57. The molecule has 0 bridgehead atoms. The van der Waals surface area contributed by atoms with Crippen molar-refractivity contribution in [1.82, 2.24) is 4.90 Å². The molecule has 3 heterocycles. The number of carbonyl (C=O) groups is 1. The van der Waals surface area contributed by atoms with Crippen LogP contribution in [-0.2, 0) is 0 Å². The van der Waals surface area contributed by atoms with E-state index in [0.29, 0.717) is 35.9 Å². The van der Waals surface area contributed by atoms with Gasteiger partial charge in [0.1, 0.15) is 29.1 Å². The molecular weight excluding hydrogens is 298 g/mol. The Hall–Kier alpha value is -2.50. The van der Waals surface area contributed by atoms with Gasteiger partial charge in [-0.15, -0.1) is 0 Å². The molecule has 1 saturated heterocycles. The van der Waals surface area contributed by atoms with Crippen LogP contribution in [0.2, 0.25) is 0 Å². The molecule has 122 valence electrons. The first-order valence-electron chi connectivity index (χ1n) is 7.57. The number of aryl methyl sites for hydroxylation is 3. The first kappa shape index (κ1) is 15.4. The van der Waals surface area contributed by atoms with Gasteiger partial charge >= 0.3 is 5.63 Å². The highest BCUT2D eigenvalue weighted by Gasteiger charge is 2.30. The lowest BCUT2D eigenvalue weighted by molar-refractivity contribution is 0.0770. The van der Waals surface area contributed by atoms with Gasteiger partial charge in [-0.1, -0.05) is 0 Å². The zero-order valence-electron chi connectivity index (χ0n) is 13.4. The third-order valence-electron chi connectivity index (χ3n) is 3.87. The van der Waals surface area contributed by atoms with E-state index >= 15 is 0 Å². The number of ether oxygens (including phenoxy) is 1. The molecule has 0 saturated carbocycles. The molecule has 6 nitrogen and oxygen atoms in total. The summed E-state index contributed by atoms with van der Waals surface area (Å²) in [6.07, 6.45) is 0.592. The Labute approximate surface area is 133 Å². The fraction of sp³-hybridized carbons (Fsp3) is 0.412. The number of likely N-dealkylation sites (tertiary alicyclic amines) is 1. The fourth-order valence-corrected chi connectivity index (χ4v) is 2.86. The average Bonchev–Trinajstić information content (AvgIpc) is 3.03. The van der Waals surface area contributed by atoms with Crippen molar-refractivity contribution in [2.75, 3.05) is 13.1 Å². The van der Waals surface area contributed by atoms with Gasteiger partial charge in [0.2, 0.25) is 0 Å². The van der Waals surface area contributed by atoms with Gasteiger partial charge in [-0.25, -0.2) is 4.79 Å². The molecule has 0 radical (unpaired) electrons. The van der Waals surface area contributed by atoms with Crippen LogP contribution in [0.25, 0.3) is 0 Å². The molecular formula is C17H19NO5. The quantitative estimate of drug-likeness (QED) is 0.869. The van der Waals surface area contributed by atoms with E-state index in [2.05, 4.69) is 0 Å². The van der Waals surface area contributed by atoms with Crippen molar-refractivity contribution < 1.29 is 18.4 Å². The molecule has 0 spiro atoms. The molecule has 1 fully saturated rings. The Morgan fingerprint density at radius 1 is 1.17 bits per heavy atom. The van der Waals surface area contributed by atoms with E-state index < -0.39 is 5.63 Å². The van der Waals surface area contributed by atoms with Crippen LogP contribution < -0.4 is 10.4 Å². The summed E-state index contributed by atoms with van der Waals surface area (Å²) >= 11 is 0. The predicted octanol–water partition coefficient (Wildman–Crippen LogP) is 2.45.